The Labute approximate surface area is 148 Å². The lowest BCUT2D eigenvalue weighted by atomic mass is 9.80. The van der Waals surface area contributed by atoms with Crippen LogP contribution in [0.4, 0.5) is 61.5 Å². The third kappa shape index (κ3) is 5.75. The molecular weight excluding hydrogens is 438 g/mol. The Morgan fingerprint density at radius 3 is 1.00 bits per heavy atom. The van der Waals surface area contributed by atoms with Gasteiger partial charge in [-0.25, -0.2) is 8.78 Å². The lowest BCUT2D eigenvalue weighted by molar-refractivity contribution is -0.356. The monoisotopic (exact) mass is 452 g/mol. The van der Waals surface area contributed by atoms with Crippen LogP contribution >= 0.6 is 0 Å². The zero-order valence-corrected chi connectivity index (χ0v) is 13.6. The second-order valence-electron chi connectivity index (χ2n) is 6.09. The predicted octanol–water partition coefficient (Wildman–Crippen LogP) is 6.21. The zero-order chi connectivity index (χ0) is 22.8. The maximum absolute atomic E-state index is 13.7. The van der Waals surface area contributed by atoms with Crippen LogP contribution in [0.3, 0.4) is 0 Å². The highest BCUT2D eigenvalue weighted by Gasteiger charge is 2.75. The van der Waals surface area contributed by atoms with Crippen molar-refractivity contribution in [2.75, 3.05) is 6.61 Å². The molecule has 0 radical (unpaired) electrons. The molecule has 0 atom stereocenters. The molecule has 0 rings (SSSR count). The summed E-state index contributed by atoms with van der Waals surface area (Å²) >= 11 is 0. The molecule has 170 valence electrons. The molecule has 0 spiro atoms. The van der Waals surface area contributed by atoms with Gasteiger partial charge in [-0.3, -0.25) is 0 Å². The Morgan fingerprint density at radius 2 is 0.786 bits per heavy atom. The van der Waals surface area contributed by atoms with Crippen LogP contribution in [0.2, 0.25) is 0 Å². The van der Waals surface area contributed by atoms with Crippen molar-refractivity contribution in [3.8, 4) is 0 Å². The van der Waals surface area contributed by atoms with Crippen LogP contribution < -0.4 is 0 Å². The van der Waals surface area contributed by atoms with E-state index in [1.807, 2.05) is 0 Å². The van der Waals surface area contributed by atoms with E-state index in [0.717, 1.165) is 0 Å². The van der Waals surface area contributed by atoms with Crippen molar-refractivity contribution >= 4 is 0 Å². The topological polar surface area (TPSA) is 20.2 Å². The molecule has 0 aliphatic carbocycles. The number of alkyl halides is 14. The summed E-state index contributed by atoms with van der Waals surface area (Å²) in [4.78, 5) is 0. The van der Waals surface area contributed by atoms with Crippen molar-refractivity contribution in [3.63, 3.8) is 0 Å². The van der Waals surface area contributed by atoms with Crippen LogP contribution in [0, 0.1) is 5.92 Å². The quantitative estimate of drug-likeness (QED) is 0.343. The second kappa shape index (κ2) is 8.38. The average Bonchev–Trinajstić information content (AvgIpc) is 2.42. The molecule has 0 aliphatic rings. The first-order valence-electron chi connectivity index (χ1n) is 7.39. The highest BCUT2D eigenvalue weighted by atomic mass is 19.4. The molecule has 28 heavy (non-hydrogen) atoms. The Hall–Kier alpha value is -1.02. The summed E-state index contributed by atoms with van der Waals surface area (Å²) in [5, 5.41) is 8.49. The average molecular weight is 452 g/mol. The molecular formula is C13H14F14O. The SMILES string of the molecule is OCCCCC(CC(F)(C(F)(F)F)C(F)(F)F)CC(F)(C(F)(F)F)C(F)(F)F. The van der Waals surface area contributed by atoms with Gasteiger partial charge in [0.1, 0.15) is 0 Å². The van der Waals surface area contributed by atoms with Crippen LogP contribution in [0.15, 0.2) is 0 Å². The van der Waals surface area contributed by atoms with Crippen molar-refractivity contribution in [1.82, 2.24) is 0 Å². The van der Waals surface area contributed by atoms with Crippen molar-refractivity contribution < 1.29 is 66.6 Å². The molecule has 1 N–H and O–H groups in total. The van der Waals surface area contributed by atoms with Crippen LogP contribution in [-0.4, -0.2) is 47.8 Å². The van der Waals surface area contributed by atoms with Crippen LogP contribution in [0.1, 0.15) is 32.1 Å². The first kappa shape index (κ1) is 27.0. The maximum atomic E-state index is 13.7. The normalized spacial score (nSPS) is 15.4. The van der Waals surface area contributed by atoms with Crippen LogP contribution in [-0.2, 0) is 0 Å². The number of rotatable bonds is 8. The highest BCUT2D eigenvalue weighted by molar-refractivity contribution is 5.01. The number of unbranched alkanes of at least 4 members (excludes halogenated alkanes) is 1. The summed E-state index contributed by atoms with van der Waals surface area (Å²) < 4.78 is 178. The fraction of sp³-hybridized carbons (Fsp3) is 1.00. The van der Waals surface area contributed by atoms with E-state index in [1.54, 1.807) is 0 Å². The van der Waals surface area contributed by atoms with Crippen LogP contribution in [0.25, 0.3) is 0 Å². The molecule has 0 aromatic heterocycles. The fourth-order valence-corrected chi connectivity index (χ4v) is 2.40. The Balaban J connectivity index is 6.08. The van der Waals surface area contributed by atoms with Gasteiger partial charge >= 0.3 is 24.7 Å². The standard InChI is InChI=1S/C13H14F14O/c14-8(10(16,17)18,11(19,20)21)5-7(3-1-2-4-28)6-9(15,12(22,23)24)13(25,26)27/h7,28H,1-6H2. The van der Waals surface area contributed by atoms with Gasteiger partial charge in [0.15, 0.2) is 0 Å². The van der Waals surface area contributed by atoms with E-state index in [0.29, 0.717) is 0 Å². The summed E-state index contributed by atoms with van der Waals surface area (Å²) in [5.41, 5.74) is -12.3. The molecule has 15 heteroatoms. The molecule has 0 amide bonds. The summed E-state index contributed by atoms with van der Waals surface area (Å²) in [7, 11) is 0. The number of hydrogen-bond donors (Lipinski definition) is 1. The molecule has 0 aliphatic heterocycles. The van der Waals surface area contributed by atoms with Crippen molar-refractivity contribution in [2.24, 2.45) is 5.92 Å². The van der Waals surface area contributed by atoms with Gasteiger partial charge in [0.2, 0.25) is 0 Å². The molecule has 0 heterocycles. The molecule has 0 saturated heterocycles. The molecule has 0 aromatic rings. The largest absolute Gasteiger partial charge is 0.431 e. The van der Waals surface area contributed by atoms with Gasteiger partial charge < -0.3 is 5.11 Å². The fourth-order valence-electron chi connectivity index (χ4n) is 2.40. The lowest BCUT2D eigenvalue weighted by Gasteiger charge is -2.37. The third-order valence-corrected chi connectivity index (χ3v) is 3.96. The predicted molar refractivity (Wildman–Crippen MR) is 65.6 cm³/mol. The first-order valence-corrected chi connectivity index (χ1v) is 7.39. The summed E-state index contributed by atoms with van der Waals surface area (Å²) in [6.45, 7) is -0.759. The second-order valence-corrected chi connectivity index (χ2v) is 6.09. The van der Waals surface area contributed by atoms with Gasteiger partial charge in [-0.05, 0) is 12.3 Å². The molecule has 1 nitrogen and oxygen atoms in total. The summed E-state index contributed by atoms with van der Waals surface area (Å²) in [5.74, 6) is -2.95. The number of halogens is 14. The first-order chi connectivity index (χ1) is 12.1. The van der Waals surface area contributed by atoms with E-state index in [4.69, 9.17) is 5.11 Å². The van der Waals surface area contributed by atoms with E-state index >= 15 is 0 Å². The van der Waals surface area contributed by atoms with Gasteiger partial charge in [0.25, 0.3) is 11.3 Å². The summed E-state index contributed by atoms with van der Waals surface area (Å²) in [6, 6.07) is 0. The van der Waals surface area contributed by atoms with E-state index in [1.165, 1.54) is 0 Å². The molecule has 0 saturated carbocycles. The minimum absolute atomic E-state index is 0.439. The van der Waals surface area contributed by atoms with Gasteiger partial charge in [0.05, 0.1) is 0 Å². The highest BCUT2D eigenvalue weighted by Crippen LogP contribution is 2.54. The Bertz CT molecular complexity index is 417. The Morgan fingerprint density at radius 1 is 0.500 bits per heavy atom. The minimum atomic E-state index is -6.73. The molecule has 0 fully saturated rings. The van der Waals surface area contributed by atoms with Gasteiger partial charge in [-0.2, -0.15) is 52.7 Å². The smallest absolute Gasteiger partial charge is 0.396 e. The molecule has 0 unspecified atom stereocenters. The van der Waals surface area contributed by atoms with E-state index in [2.05, 4.69) is 0 Å². The van der Waals surface area contributed by atoms with Gasteiger partial charge in [0, 0.05) is 19.4 Å². The van der Waals surface area contributed by atoms with E-state index in [9.17, 15) is 61.5 Å². The maximum Gasteiger partial charge on any atom is 0.431 e. The van der Waals surface area contributed by atoms with Crippen molar-refractivity contribution in [2.45, 2.75) is 68.1 Å². The van der Waals surface area contributed by atoms with Crippen LogP contribution in [0.5, 0.6) is 0 Å². The van der Waals surface area contributed by atoms with Gasteiger partial charge in [-0.1, -0.05) is 12.8 Å². The lowest BCUT2D eigenvalue weighted by Crippen LogP contribution is -2.57. The number of aliphatic hydroxyl groups is 1. The van der Waals surface area contributed by atoms with Crippen molar-refractivity contribution in [3.05, 3.63) is 0 Å². The third-order valence-electron chi connectivity index (χ3n) is 3.96. The van der Waals surface area contributed by atoms with Gasteiger partial charge in [-0.15, -0.1) is 0 Å². The minimum Gasteiger partial charge on any atom is -0.396 e. The van der Waals surface area contributed by atoms with E-state index < -0.39 is 80.7 Å². The molecule has 0 bridgehead atoms. The molecule has 0 aromatic carbocycles. The number of hydrogen-bond acceptors (Lipinski definition) is 1. The summed E-state index contributed by atoms with van der Waals surface area (Å²) in [6.07, 6.45) is -35.1. The Kier molecular flexibility index (Phi) is 8.08. The number of aliphatic hydroxyl groups excluding tert-OH is 1. The zero-order valence-electron chi connectivity index (χ0n) is 13.6. The van der Waals surface area contributed by atoms with E-state index in [-0.39, 0.29) is 0 Å². The van der Waals surface area contributed by atoms with Crippen molar-refractivity contribution in [1.29, 1.82) is 0 Å².